The molecule has 0 radical (unpaired) electrons. The van der Waals surface area contributed by atoms with Gasteiger partial charge in [-0.2, -0.15) is 18.3 Å². The number of carboxylic acids is 1. The van der Waals surface area contributed by atoms with E-state index in [9.17, 15) is 27.9 Å². The van der Waals surface area contributed by atoms with Crippen LogP contribution < -0.4 is 5.32 Å². The Morgan fingerprint density at radius 1 is 1.09 bits per heavy atom. The molecule has 0 fully saturated rings. The molecule has 0 saturated heterocycles. The molecule has 10 heteroatoms. The van der Waals surface area contributed by atoms with E-state index in [2.05, 4.69) is 10.4 Å². The minimum absolute atomic E-state index is 0.0716. The first-order valence-corrected chi connectivity index (χ1v) is 10.2. The van der Waals surface area contributed by atoms with E-state index < -0.39 is 35.4 Å². The maximum atomic E-state index is 13.1. The zero-order valence-corrected chi connectivity index (χ0v) is 17.2. The molecular weight excluding hydrogens is 439 g/mol. The highest BCUT2D eigenvalue weighted by Crippen LogP contribution is 2.44. The van der Waals surface area contributed by atoms with E-state index in [-0.39, 0.29) is 25.5 Å². The van der Waals surface area contributed by atoms with Crippen LogP contribution in [0, 0.1) is 0 Å². The molecule has 1 aliphatic carbocycles. The molecule has 1 aromatic heterocycles. The molecule has 0 saturated carbocycles. The van der Waals surface area contributed by atoms with Crippen molar-refractivity contribution in [3.63, 3.8) is 0 Å². The predicted octanol–water partition coefficient (Wildman–Crippen LogP) is 4.53. The third-order valence-corrected chi connectivity index (χ3v) is 5.67. The highest BCUT2D eigenvalue weighted by Gasteiger charge is 2.39. The number of alkyl carbamates (subject to hydrolysis) is 1. The van der Waals surface area contributed by atoms with Gasteiger partial charge >= 0.3 is 18.2 Å². The van der Waals surface area contributed by atoms with E-state index in [1.165, 1.54) is 0 Å². The standard InChI is InChI=1S/C23H20F3N3O4/c24-23(25,26)20-18(11-28-29-20)17(21(30)31)9-10-27-22(32)33-12-19-15-7-3-1-5-13(15)14-6-2-4-8-16(14)19/h1-8,11,17,19H,9-10,12H2,(H,27,32)(H,28,29)(H,30,31). The summed E-state index contributed by atoms with van der Waals surface area (Å²) < 4.78 is 44.5. The van der Waals surface area contributed by atoms with E-state index in [0.29, 0.717) is 0 Å². The van der Waals surface area contributed by atoms with Gasteiger partial charge in [0.25, 0.3) is 0 Å². The summed E-state index contributed by atoms with van der Waals surface area (Å²) in [6.07, 6.45) is -4.96. The number of fused-ring (bicyclic) bond motifs is 3. The van der Waals surface area contributed by atoms with Gasteiger partial charge in [-0.1, -0.05) is 48.5 Å². The summed E-state index contributed by atoms with van der Waals surface area (Å²) in [6, 6.07) is 15.7. The number of carbonyl (C=O) groups excluding carboxylic acids is 1. The van der Waals surface area contributed by atoms with Gasteiger partial charge in [-0.3, -0.25) is 9.89 Å². The summed E-state index contributed by atoms with van der Waals surface area (Å²) >= 11 is 0. The molecule has 0 spiro atoms. The Labute approximate surface area is 186 Å². The third-order valence-electron chi connectivity index (χ3n) is 5.67. The van der Waals surface area contributed by atoms with Crippen LogP contribution in [0.5, 0.6) is 0 Å². The first kappa shape index (κ1) is 22.4. The SMILES string of the molecule is O=C(NCCC(C(=O)O)c1cn[nH]c1C(F)(F)F)OCC1c2ccccc2-c2ccccc21. The van der Waals surface area contributed by atoms with Crippen LogP contribution in [0.1, 0.15) is 40.6 Å². The highest BCUT2D eigenvalue weighted by atomic mass is 19.4. The van der Waals surface area contributed by atoms with Crippen molar-refractivity contribution in [1.82, 2.24) is 15.5 Å². The average Bonchev–Trinajstić information content (AvgIpc) is 3.38. The van der Waals surface area contributed by atoms with Crippen LogP contribution in [0.15, 0.2) is 54.7 Å². The highest BCUT2D eigenvalue weighted by molar-refractivity contribution is 5.79. The summed E-state index contributed by atoms with van der Waals surface area (Å²) in [7, 11) is 0. The number of hydrogen-bond donors (Lipinski definition) is 3. The molecule has 7 nitrogen and oxygen atoms in total. The fraction of sp³-hybridized carbons (Fsp3) is 0.261. The Bertz CT molecular complexity index is 1130. The lowest BCUT2D eigenvalue weighted by Crippen LogP contribution is -2.29. The number of halogens is 3. The second kappa shape index (κ2) is 8.97. The molecule has 3 N–H and O–H groups in total. The number of ether oxygens (including phenoxy) is 1. The van der Waals surface area contributed by atoms with E-state index in [0.717, 1.165) is 28.5 Å². The molecule has 0 aliphatic heterocycles. The zero-order chi connectivity index (χ0) is 23.6. The largest absolute Gasteiger partial charge is 0.481 e. The maximum Gasteiger partial charge on any atom is 0.433 e. The normalized spacial score (nSPS) is 13.8. The number of rotatable bonds is 7. The summed E-state index contributed by atoms with van der Waals surface area (Å²) in [5, 5.41) is 16.9. The second-order valence-corrected chi connectivity index (χ2v) is 7.63. The molecule has 3 aromatic rings. The number of aliphatic carboxylic acids is 1. The molecule has 33 heavy (non-hydrogen) atoms. The number of carboxylic acid groups (broad SMARTS) is 1. The smallest absolute Gasteiger partial charge is 0.433 e. The number of benzene rings is 2. The molecule has 1 unspecified atom stereocenters. The maximum absolute atomic E-state index is 13.1. The number of nitrogens with one attached hydrogen (secondary N) is 2. The van der Waals surface area contributed by atoms with Crippen molar-refractivity contribution in [2.24, 2.45) is 0 Å². The molecule has 2 aromatic carbocycles. The molecule has 1 aliphatic rings. The van der Waals surface area contributed by atoms with Crippen molar-refractivity contribution in [2.45, 2.75) is 24.4 Å². The zero-order valence-electron chi connectivity index (χ0n) is 17.2. The van der Waals surface area contributed by atoms with Crippen LogP contribution in [-0.2, 0) is 15.7 Å². The van der Waals surface area contributed by atoms with Crippen LogP contribution in [0.2, 0.25) is 0 Å². The number of H-pyrrole nitrogens is 1. The number of aromatic nitrogens is 2. The lowest BCUT2D eigenvalue weighted by atomic mass is 9.96. The number of nitrogens with zero attached hydrogens (tertiary/aromatic N) is 1. The first-order chi connectivity index (χ1) is 15.8. The third kappa shape index (κ3) is 4.55. The predicted molar refractivity (Wildman–Crippen MR) is 112 cm³/mol. The van der Waals surface area contributed by atoms with Crippen LogP contribution in [0.25, 0.3) is 11.1 Å². The molecule has 0 bridgehead atoms. The van der Waals surface area contributed by atoms with E-state index in [4.69, 9.17) is 4.74 Å². The molecule has 172 valence electrons. The molecule has 4 rings (SSSR count). The van der Waals surface area contributed by atoms with E-state index in [1.54, 1.807) is 5.10 Å². The summed E-state index contributed by atoms with van der Waals surface area (Å²) in [5.41, 5.74) is 2.54. The lowest BCUT2D eigenvalue weighted by Gasteiger charge is -2.16. The minimum Gasteiger partial charge on any atom is -0.481 e. The van der Waals surface area contributed by atoms with E-state index in [1.807, 2.05) is 48.5 Å². The van der Waals surface area contributed by atoms with Gasteiger partial charge in [0.1, 0.15) is 12.3 Å². The number of aromatic amines is 1. The molecule has 1 atom stereocenters. The molecular formula is C23H20F3N3O4. The van der Waals surface area contributed by atoms with Crippen molar-refractivity contribution in [3.05, 3.63) is 77.1 Å². The van der Waals surface area contributed by atoms with Crippen LogP contribution in [0.3, 0.4) is 0 Å². The number of alkyl halides is 3. The van der Waals surface area contributed by atoms with Crippen molar-refractivity contribution in [2.75, 3.05) is 13.2 Å². The van der Waals surface area contributed by atoms with Crippen LogP contribution in [0.4, 0.5) is 18.0 Å². The van der Waals surface area contributed by atoms with Crippen molar-refractivity contribution in [3.8, 4) is 11.1 Å². The fourth-order valence-electron chi connectivity index (χ4n) is 4.17. The van der Waals surface area contributed by atoms with Gasteiger partial charge < -0.3 is 15.2 Å². The summed E-state index contributed by atoms with van der Waals surface area (Å²) in [6.45, 7) is -0.113. The topological polar surface area (TPSA) is 104 Å². The van der Waals surface area contributed by atoms with Gasteiger partial charge in [0, 0.05) is 18.0 Å². The summed E-state index contributed by atoms with van der Waals surface area (Å²) in [5.74, 6) is -3.08. The molecule has 1 amide bonds. The number of carbonyl (C=O) groups is 2. The van der Waals surface area contributed by atoms with Crippen molar-refractivity contribution < 1.29 is 32.6 Å². The minimum atomic E-state index is -4.76. The van der Waals surface area contributed by atoms with Gasteiger partial charge in [0.05, 0.1) is 12.1 Å². The van der Waals surface area contributed by atoms with Crippen molar-refractivity contribution in [1.29, 1.82) is 0 Å². The lowest BCUT2D eigenvalue weighted by molar-refractivity contribution is -0.143. The van der Waals surface area contributed by atoms with Gasteiger partial charge in [0.2, 0.25) is 0 Å². The van der Waals surface area contributed by atoms with Gasteiger partial charge in [0.15, 0.2) is 0 Å². The Morgan fingerprint density at radius 3 is 2.27 bits per heavy atom. The van der Waals surface area contributed by atoms with Crippen molar-refractivity contribution >= 4 is 12.1 Å². The van der Waals surface area contributed by atoms with Gasteiger partial charge in [-0.05, 0) is 28.7 Å². The fourth-order valence-corrected chi connectivity index (χ4v) is 4.17. The first-order valence-electron chi connectivity index (χ1n) is 10.2. The second-order valence-electron chi connectivity index (χ2n) is 7.63. The van der Waals surface area contributed by atoms with Gasteiger partial charge in [-0.15, -0.1) is 0 Å². The molecule has 1 heterocycles. The Morgan fingerprint density at radius 2 is 1.70 bits per heavy atom. The summed E-state index contributed by atoms with van der Waals surface area (Å²) in [4.78, 5) is 23.7. The number of amides is 1. The monoisotopic (exact) mass is 459 g/mol. The Balaban J connectivity index is 1.36. The van der Waals surface area contributed by atoms with E-state index >= 15 is 0 Å². The van der Waals surface area contributed by atoms with Gasteiger partial charge in [-0.25, -0.2) is 4.79 Å². The Kier molecular flexibility index (Phi) is 6.08. The van der Waals surface area contributed by atoms with Crippen LogP contribution >= 0.6 is 0 Å². The Hall–Kier alpha value is -3.82. The number of hydrogen-bond acceptors (Lipinski definition) is 4. The van der Waals surface area contributed by atoms with Crippen LogP contribution in [-0.4, -0.2) is 40.5 Å². The average molecular weight is 459 g/mol. The quantitative estimate of drug-likeness (QED) is 0.482.